The van der Waals surface area contributed by atoms with Crippen LogP contribution < -0.4 is 21.3 Å². The lowest BCUT2D eigenvalue weighted by Crippen LogP contribution is -2.44. The third-order valence-electron chi connectivity index (χ3n) is 3.58. The van der Waals surface area contributed by atoms with E-state index in [9.17, 15) is 19.2 Å². The summed E-state index contributed by atoms with van der Waals surface area (Å²) in [6.45, 7) is 0.866. The van der Waals surface area contributed by atoms with E-state index in [1.165, 1.54) is 0 Å². The van der Waals surface area contributed by atoms with Gasteiger partial charge in [0.1, 0.15) is 12.1 Å². The molecule has 0 unspecified atom stereocenters. The Hall–Kier alpha value is -2.12. The number of hydrogen-bond donors (Lipinski definition) is 4. The molecular weight excluding hydrogens is 276 g/mol. The minimum absolute atomic E-state index is 0.0963. The Balaban J connectivity index is 1.53. The first-order chi connectivity index (χ1) is 10.1. The molecule has 2 heterocycles. The third kappa shape index (κ3) is 4.44. The fourth-order valence-corrected chi connectivity index (χ4v) is 2.38. The van der Waals surface area contributed by atoms with Crippen molar-refractivity contribution in [3.05, 3.63) is 0 Å². The Morgan fingerprint density at radius 2 is 1.33 bits per heavy atom. The zero-order valence-electron chi connectivity index (χ0n) is 11.7. The Kier molecular flexibility index (Phi) is 5.13. The first-order valence-corrected chi connectivity index (χ1v) is 7.20. The van der Waals surface area contributed by atoms with Gasteiger partial charge in [-0.05, 0) is 19.3 Å². The summed E-state index contributed by atoms with van der Waals surface area (Å²) in [5.74, 6) is -0.562. The van der Waals surface area contributed by atoms with Crippen LogP contribution in [0.2, 0.25) is 0 Å². The minimum atomic E-state index is -0.430. The topological polar surface area (TPSA) is 116 Å². The van der Waals surface area contributed by atoms with Crippen LogP contribution in [-0.2, 0) is 19.2 Å². The van der Waals surface area contributed by atoms with E-state index < -0.39 is 12.1 Å². The van der Waals surface area contributed by atoms with Crippen LogP contribution in [0.15, 0.2) is 0 Å². The number of carbonyl (C=O) groups is 4. The summed E-state index contributed by atoms with van der Waals surface area (Å²) in [5, 5.41) is 10.6. The van der Waals surface area contributed by atoms with Gasteiger partial charge in [-0.2, -0.15) is 0 Å². The van der Waals surface area contributed by atoms with Gasteiger partial charge in [0.05, 0.1) is 0 Å². The first-order valence-electron chi connectivity index (χ1n) is 7.20. The van der Waals surface area contributed by atoms with Crippen LogP contribution in [0.1, 0.15) is 32.1 Å². The number of nitrogens with one attached hydrogen (secondary N) is 4. The molecule has 21 heavy (non-hydrogen) atoms. The molecule has 2 aliphatic heterocycles. The number of rotatable bonds is 6. The van der Waals surface area contributed by atoms with Gasteiger partial charge in [-0.3, -0.25) is 19.2 Å². The van der Waals surface area contributed by atoms with Gasteiger partial charge in [-0.15, -0.1) is 0 Å². The number of hydrogen-bond acceptors (Lipinski definition) is 4. The lowest BCUT2D eigenvalue weighted by molar-refractivity contribution is -0.126. The van der Waals surface area contributed by atoms with Gasteiger partial charge >= 0.3 is 0 Å². The highest BCUT2D eigenvalue weighted by atomic mass is 16.2. The largest absolute Gasteiger partial charge is 0.354 e. The molecule has 0 aromatic carbocycles. The summed E-state index contributed by atoms with van der Waals surface area (Å²) < 4.78 is 0. The summed E-state index contributed by atoms with van der Waals surface area (Å²) >= 11 is 0. The number of carbonyl (C=O) groups excluding carboxylic acids is 4. The molecule has 0 aromatic heterocycles. The molecule has 2 aliphatic rings. The highest BCUT2D eigenvalue weighted by Gasteiger charge is 2.27. The highest BCUT2D eigenvalue weighted by Crippen LogP contribution is 2.06. The average Bonchev–Trinajstić information content (AvgIpc) is 3.06. The van der Waals surface area contributed by atoms with E-state index in [0.717, 1.165) is 0 Å². The van der Waals surface area contributed by atoms with Crippen LogP contribution >= 0.6 is 0 Å². The molecule has 0 saturated carbocycles. The van der Waals surface area contributed by atoms with Crippen LogP contribution in [0.25, 0.3) is 0 Å². The molecule has 0 aliphatic carbocycles. The summed E-state index contributed by atoms with van der Waals surface area (Å²) in [4.78, 5) is 45.3. The fraction of sp³-hybridized carbons (Fsp3) is 0.692. The summed E-state index contributed by atoms with van der Waals surface area (Å²) in [6.07, 6.45) is 2.44. The van der Waals surface area contributed by atoms with Crippen LogP contribution in [0.3, 0.4) is 0 Å². The second kappa shape index (κ2) is 7.05. The van der Waals surface area contributed by atoms with Crippen LogP contribution in [0.4, 0.5) is 0 Å². The van der Waals surface area contributed by atoms with Crippen molar-refractivity contribution in [2.24, 2.45) is 0 Å². The zero-order valence-corrected chi connectivity index (χ0v) is 11.7. The first kappa shape index (κ1) is 15.3. The fourth-order valence-electron chi connectivity index (χ4n) is 2.38. The van der Waals surface area contributed by atoms with Crippen molar-refractivity contribution < 1.29 is 19.2 Å². The maximum atomic E-state index is 11.7. The van der Waals surface area contributed by atoms with Crippen LogP contribution in [0.5, 0.6) is 0 Å². The van der Waals surface area contributed by atoms with Gasteiger partial charge in [0.2, 0.25) is 23.6 Å². The molecule has 0 radical (unpaired) electrons. The maximum absolute atomic E-state index is 11.7. The monoisotopic (exact) mass is 296 g/mol. The molecule has 0 spiro atoms. The molecule has 0 aromatic rings. The minimum Gasteiger partial charge on any atom is -0.354 e. The Morgan fingerprint density at radius 3 is 1.67 bits per heavy atom. The van der Waals surface area contributed by atoms with Gasteiger partial charge in [-0.1, -0.05) is 0 Å². The van der Waals surface area contributed by atoms with Gasteiger partial charge < -0.3 is 21.3 Å². The molecule has 8 heteroatoms. The molecule has 2 rings (SSSR count). The van der Waals surface area contributed by atoms with E-state index in [1.54, 1.807) is 0 Å². The van der Waals surface area contributed by atoms with E-state index in [2.05, 4.69) is 21.3 Å². The van der Waals surface area contributed by atoms with Gasteiger partial charge in [0.25, 0.3) is 0 Å². The Labute approximate surface area is 122 Å². The third-order valence-corrected chi connectivity index (χ3v) is 3.58. The predicted octanol–water partition coefficient (Wildman–Crippen LogP) is -1.83. The molecule has 4 N–H and O–H groups in total. The van der Waals surface area contributed by atoms with Gasteiger partial charge in [-0.25, -0.2) is 0 Å². The molecule has 2 saturated heterocycles. The maximum Gasteiger partial charge on any atom is 0.242 e. The van der Waals surface area contributed by atoms with Crippen molar-refractivity contribution in [2.75, 3.05) is 13.1 Å². The molecule has 8 nitrogen and oxygen atoms in total. The van der Waals surface area contributed by atoms with Crippen molar-refractivity contribution in [2.45, 2.75) is 44.2 Å². The summed E-state index contributed by atoms with van der Waals surface area (Å²) in [5.41, 5.74) is 0. The Morgan fingerprint density at radius 1 is 0.905 bits per heavy atom. The molecule has 4 amide bonds. The van der Waals surface area contributed by atoms with Crippen molar-refractivity contribution in [3.63, 3.8) is 0 Å². The van der Waals surface area contributed by atoms with Crippen LogP contribution in [0, 0.1) is 0 Å². The van der Waals surface area contributed by atoms with E-state index in [-0.39, 0.29) is 23.6 Å². The summed E-state index contributed by atoms with van der Waals surface area (Å²) in [6, 6.07) is -0.860. The normalized spacial score (nSPS) is 24.4. The lowest BCUT2D eigenvalue weighted by atomic mass is 10.2. The van der Waals surface area contributed by atoms with Crippen molar-refractivity contribution in [3.8, 4) is 0 Å². The molecular formula is C13H20N4O4. The lowest BCUT2D eigenvalue weighted by Gasteiger charge is -2.12. The van der Waals surface area contributed by atoms with E-state index in [4.69, 9.17) is 0 Å². The smallest absolute Gasteiger partial charge is 0.242 e. The number of amides is 4. The van der Waals surface area contributed by atoms with Gasteiger partial charge in [0.15, 0.2) is 0 Å². The van der Waals surface area contributed by atoms with Gasteiger partial charge in [0, 0.05) is 25.9 Å². The molecule has 116 valence electrons. The van der Waals surface area contributed by atoms with Crippen LogP contribution in [-0.4, -0.2) is 48.8 Å². The molecule has 0 bridgehead atoms. The molecule has 2 atom stereocenters. The zero-order chi connectivity index (χ0) is 15.2. The van der Waals surface area contributed by atoms with E-state index >= 15 is 0 Å². The standard InChI is InChI=1S/C13H20N4O4/c18-10-4-2-8(16-10)12(20)14-6-1-7-15-13(21)9-3-5-11(19)17-9/h8-9H,1-7H2,(H,14,20)(H,15,21)(H,16,18)(H,17,19)/t8-,9-/m1/s1. The highest BCUT2D eigenvalue weighted by molar-refractivity contribution is 5.91. The second-order valence-electron chi connectivity index (χ2n) is 5.25. The Bertz CT molecular complexity index is 411. The van der Waals surface area contributed by atoms with E-state index in [0.29, 0.717) is 45.2 Å². The van der Waals surface area contributed by atoms with Crippen molar-refractivity contribution in [1.82, 2.24) is 21.3 Å². The second-order valence-corrected chi connectivity index (χ2v) is 5.25. The van der Waals surface area contributed by atoms with E-state index in [1.807, 2.05) is 0 Å². The van der Waals surface area contributed by atoms with Crippen molar-refractivity contribution >= 4 is 23.6 Å². The average molecular weight is 296 g/mol. The van der Waals surface area contributed by atoms with Crippen molar-refractivity contribution in [1.29, 1.82) is 0 Å². The SMILES string of the molecule is O=C1CC[C@H](C(=O)NCCCNC(=O)[C@H]2CCC(=O)N2)N1. The summed E-state index contributed by atoms with van der Waals surface area (Å²) in [7, 11) is 0. The quantitative estimate of drug-likeness (QED) is 0.431. The predicted molar refractivity (Wildman–Crippen MR) is 73.0 cm³/mol. The molecule has 2 fully saturated rings.